The van der Waals surface area contributed by atoms with Gasteiger partial charge in [0.15, 0.2) is 0 Å². The largest absolute Gasteiger partial charge is 0.508 e. The fourth-order valence-corrected chi connectivity index (χ4v) is 1.89. The molecule has 0 amide bonds. The summed E-state index contributed by atoms with van der Waals surface area (Å²) in [6, 6.07) is 5.91. The molecule has 0 atom stereocenters. The van der Waals surface area contributed by atoms with E-state index in [1.54, 1.807) is 18.5 Å². The number of hydrogen-bond acceptors (Lipinski definition) is 6. The zero-order chi connectivity index (χ0) is 14.1. The van der Waals surface area contributed by atoms with Crippen LogP contribution in [0, 0.1) is 6.92 Å². The summed E-state index contributed by atoms with van der Waals surface area (Å²) in [5.74, 6) is 0.518. The highest BCUT2D eigenvalue weighted by molar-refractivity contribution is 5.63. The van der Waals surface area contributed by atoms with Crippen molar-refractivity contribution in [1.82, 2.24) is 15.1 Å². The first-order valence-electron chi connectivity index (χ1n) is 5.91. The average molecular weight is 269 g/mol. The van der Waals surface area contributed by atoms with E-state index in [-0.39, 0.29) is 17.4 Å². The zero-order valence-electron chi connectivity index (χ0n) is 10.6. The summed E-state index contributed by atoms with van der Waals surface area (Å²) in [5, 5.41) is 22.8. The molecule has 6 heteroatoms. The summed E-state index contributed by atoms with van der Waals surface area (Å²) in [4.78, 5) is 8.27. The van der Waals surface area contributed by atoms with Gasteiger partial charge in [0, 0.05) is 29.6 Å². The Kier molecular flexibility index (Phi) is 2.83. The van der Waals surface area contributed by atoms with Crippen molar-refractivity contribution in [1.29, 1.82) is 0 Å². The van der Waals surface area contributed by atoms with Crippen LogP contribution in [0.5, 0.6) is 11.5 Å². The molecule has 2 N–H and O–H groups in total. The molecule has 3 rings (SSSR count). The van der Waals surface area contributed by atoms with E-state index in [1.165, 1.54) is 18.2 Å². The Morgan fingerprint density at radius 3 is 2.55 bits per heavy atom. The normalized spacial score (nSPS) is 10.7. The fourth-order valence-electron chi connectivity index (χ4n) is 1.89. The Bertz CT molecular complexity index is 748. The first-order chi connectivity index (χ1) is 9.63. The number of phenolic OH excluding ortho intramolecular Hbond substituents is 2. The number of phenols is 2. The standard InChI is InChI=1S/C14H11N3O3/c1-8-7-15-3-2-12(8)13-16-14(20-17-13)9-4-10(18)6-11(19)5-9/h2-7,18-19H,1H3. The minimum absolute atomic E-state index is 0.0696. The van der Waals surface area contributed by atoms with E-state index in [2.05, 4.69) is 15.1 Å². The van der Waals surface area contributed by atoms with Crippen LogP contribution in [0.15, 0.2) is 41.2 Å². The molecule has 0 aliphatic heterocycles. The third-order valence-electron chi connectivity index (χ3n) is 2.84. The van der Waals surface area contributed by atoms with E-state index in [0.717, 1.165) is 11.1 Å². The lowest BCUT2D eigenvalue weighted by Gasteiger charge is -1.98. The monoisotopic (exact) mass is 269 g/mol. The maximum Gasteiger partial charge on any atom is 0.258 e. The first-order valence-corrected chi connectivity index (χ1v) is 5.91. The molecule has 0 fully saturated rings. The summed E-state index contributed by atoms with van der Waals surface area (Å²) in [5.41, 5.74) is 2.20. The molecule has 0 aliphatic carbocycles. The van der Waals surface area contributed by atoms with Crippen LogP contribution >= 0.6 is 0 Å². The molecule has 3 aromatic rings. The smallest absolute Gasteiger partial charge is 0.258 e. The Morgan fingerprint density at radius 2 is 1.85 bits per heavy atom. The molecule has 2 aromatic heterocycles. The van der Waals surface area contributed by atoms with Crippen molar-refractivity contribution in [3.8, 4) is 34.3 Å². The lowest BCUT2D eigenvalue weighted by atomic mass is 10.1. The van der Waals surface area contributed by atoms with Gasteiger partial charge in [0.25, 0.3) is 5.89 Å². The predicted molar refractivity (Wildman–Crippen MR) is 71.0 cm³/mol. The van der Waals surface area contributed by atoms with Crippen LogP contribution in [0.25, 0.3) is 22.8 Å². The maximum absolute atomic E-state index is 9.47. The number of aromatic hydroxyl groups is 2. The molecule has 0 saturated carbocycles. The second kappa shape index (κ2) is 4.65. The molecule has 0 unspecified atom stereocenters. The second-order valence-electron chi connectivity index (χ2n) is 4.35. The highest BCUT2D eigenvalue weighted by Gasteiger charge is 2.13. The van der Waals surface area contributed by atoms with Gasteiger partial charge in [-0.3, -0.25) is 4.98 Å². The molecule has 0 radical (unpaired) electrons. The molecule has 100 valence electrons. The summed E-state index contributed by atoms with van der Waals surface area (Å²) in [7, 11) is 0. The summed E-state index contributed by atoms with van der Waals surface area (Å²) < 4.78 is 5.17. The summed E-state index contributed by atoms with van der Waals surface area (Å²) >= 11 is 0. The number of nitrogens with zero attached hydrogens (tertiary/aromatic N) is 3. The Labute approximate surface area is 114 Å². The molecule has 0 aliphatic rings. The third-order valence-corrected chi connectivity index (χ3v) is 2.84. The molecule has 1 aromatic carbocycles. The molecule has 2 heterocycles. The number of pyridine rings is 1. The highest BCUT2D eigenvalue weighted by atomic mass is 16.5. The molecule has 20 heavy (non-hydrogen) atoms. The number of benzene rings is 1. The second-order valence-corrected chi connectivity index (χ2v) is 4.35. The van der Waals surface area contributed by atoms with Gasteiger partial charge in [-0.1, -0.05) is 5.16 Å². The highest BCUT2D eigenvalue weighted by Crippen LogP contribution is 2.29. The summed E-state index contributed by atoms with van der Waals surface area (Å²) in [6.07, 6.45) is 3.37. The molecular formula is C14H11N3O3. The van der Waals surface area contributed by atoms with Gasteiger partial charge in [-0.05, 0) is 30.7 Å². The lowest BCUT2D eigenvalue weighted by Crippen LogP contribution is -1.86. The van der Waals surface area contributed by atoms with Gasteiger partial charge in [0.05, 0.1) is 0 Å². The first kappa shape index (κ1) is 12.2. The summed E-state index contributed by atoms with van der Waals surface area (Å²) in [6.45, 7) is 1.90. The lowest BCUT2D eigenvalue weighted by molar-refractivity contribution is 0.428. The van der Waals surface area contributed by atoms with Crippen LogP contribution in [0.4, 0.5) is 0 Å². The molecule has 0 spiro atoms. The van der Waals surface area contributed by atoms with Crippen molar-refractivity contribution in [3.63, 3.8) is 0 Å². The van der Waals surface area contributed by atoms with Gasteiger partial charge in [0.1, 0.15) is 11.5 Å². The van der Waals surface area contributed by atoms with E-state index in [0.29, 0.717) is 11.4 Å². The number of rotatable bonds is 2. The molecular weight excluding hydrogens is 258 g/mol. The van der Waals surface area contributed by atoms with Gasteiger partial charge in [-0.2, -0.15) is 4.98 Å². The number of hydrogen-bond donors (Lipinski definition) is 2. The van der Waals surface area contributed by atoms with Crippen LogP contribution in [-0.4, -0.2) is 25.3 Å². The van der Waals surface area contributed by atoms with E-state index in [1.807, 2.05) is 6.92 Å². The van der Waals surface area contributed by atoms with Crippen molar-refractivity contribution < 1.29 is 14.7 Å². The van der Waals surface area contributed by atoms with Crippen molar-refractivity contribution >= 4 is 0 Å². The topological polar surface area (TPSA) is 92.3 Å². The van der Waals surface area contributed by atoms with E-state index >= 15 is 0 Å². The van der Waals surface area contributed by atoms with Gasteiger partial charge >= 0.3 is 0 Å². The average Bonchev–Trinajstić information content (AvgIpc) is 2.87. The number of aromatic nitrogens is 3. The molecule has 0 bridgehead atoms. The minimum atomic E-state index is -0.0696. The third kappa shape index (κ3) is 2.18. The fraction of sp³-hybridized carbons (Fsp3) is 0.0714. The zero-order valence-corrected chi connectivity index (χ0v) is 10.6. The van der Waals surface area contributed by atoms with Crippen LogP contribution in [0.2, 0.25) is 0 Å². The van der Waals surface area contributed by atoms with Crippen LogP contribution in [0.1, 0.15) is 5.56 Å². The van der Waals surface area contributed by atoms with Gasteiger partial charge < -0.3 is 14.7 Å². The molecule has 6 nitrogen and oxygen atoms in total. The van der Waals surface area contributed by atoms with Crippen LogP contribution in [0.3, 0.4) is 0 Å². The Balaban J connectivity index is 2.04. The van der Waals surface area contributed by atoms with Crippen molar-refractivity contribution in [2.75, 3.05) is 0 Å². The minimum Gasteiger partial charge on any atom is -0.508 e. The van der Waals surface area contributed by atoms with Gasteiger partial charge in [0.2, 0.25) is 5.82 Å². The van der Waals surface area contributed by atoms with E-state index in [9.17, 15) is 10.2 Å². The van der Waals surface area contributed by atoms with E-state index in [4.69, 9.17) is 4.52 Å². The predicted octanol–water partition coefficient (Wildman–Crippen LogP) is 2.52. The van der Waals surface area contributed by atoms with Gasteiger partial charge in [-0.15, -0.1) is 0 Å². The van der Waals surface area contributed by atoms with Crippen molar-refractivity contribution in [3.05, 3.63) is 42.2 Å². The van der Waals surface area contributed by atoms with E-state index < -0.39 is 0 Å². The Morgan fingerprint density at radius 1 is 1.10 bits per heavy atom. The number of aryl methyl sites for hydroxylation is 1. The van der Waals surface area contributed by atoms with Crippen molar-refractivity contribution in [2.45, 2.75) is 6.92 Å². The Hall–Kier alpha value is -2.89. The SMILES string of the molecule is Cc1cnccc1-c1noc(-c2cc(O)cc(O)c2)n1. The maximum atomic E-state index is 9.47. The van der Waals surface area contributed by atoms with Crippen molar-refractivity contribution in [2.24, 2.45) is 0 Å². The quantitative estimate of drug-likeness (QED) is 0.742. The van der Waals surface area contributed by atoms with Gasteiger partial charge in [-0.25, -0.2) is 0 Å². The molecule has 0 saturated heterocycles. The van der Waals surface area contributed by atoms with Crippen LogP contribution in [-0.2, 0) is 0 Å². The van der Waals surface area contributed by atoms with Crippen LogP contribution < -0.4 is 0 Å².